The van der Waals surface area contributed by atoms with Gasteiger partial charge in [-0.2, -0.15) is 9.52 Å². The van der Waals surface area contributed by atoms with Crippen LogP contribution in [0.2, 0.25) is 0 Å². The van der Waals surface area contributed by atoms with Gasteiger partial charge < -0.3 is 0 Å². The Labute approximate surface area is 172 Å². The molecule has 0 fully saturated rings. The lowest BCUT2D eigenvalue weighted by Gasteiger charge is -2.22. The van der Waals surface area contributed by atoms with Crippen LogP contribution < -0.4 is 4.72 Å². The number of hydrazone groups is 1. The molecule has 1 aliphatic rings. The molecular formula is C20H25N3O4S2. The van der Waals surface area contributed by atoms with E-state index in [1.807, 2.05) is 31.2 Å². The van der Waals surface area contributed by atoms with Crippen molar-refractivity contribution in [1.29, 1.82) is 0 Å². The van der Waals surface area contributed by atoms with Gasteiger partial charge in [0.1, 0.15) is 0 Å². The predicted molar refractivity (Wildman–Crippen MR) is 116 cm³/mol. The minimum absolute atomic E-state index is 0.0104. The van der Waals surface area contributed by atoms with Crippen molar-refractivity contribution in [2.75, 3.05) is 16.2 Å². The molecule has 0 saturated heterocycles. The first kappa shape index (κ1) is 21.3. The first-order valence-electron chi connectivity index (χ1n) is 9.42. The van der Waals surface area contributed by atoms with Crippen molar-refractivity contribution in [2.24, 2.45) is 5.10 Å². The van der Waals surface area contributed by atoms with Gasteiger partial charge >= 0.3 is 0 Å². The second-order valence-corrected chi connectivity index (χ2v) is 11.1. The highest BCUT2D eigenvalue weighted by atomic mass is 32.2. The molecule has 0 unspecified atom stereocenters. The van der Waals surface area contributed by atoms with E-state index in [0.717, 1.165) is 16.7 Å². The van der Waals surface area contributed by atoms with Crippen molar-refractivity contribution < 1.29 is 16.8 Å². The van der Waals surface area contributed by atoms with E-state index >= 15 is 0 Å². The molecule has 0 radical (unpaired) electrons. The molecule has 1 atom stereocenters. The summed E-state index contributed by atoms with van der Waals surface area (Å²) in [6.07, 6.45) is 0.447. The van der Waals surface area contributed by atoms with Crippen LogP contribution in [0.3, 0.4) is 0 Å². The average molecular weight is 436 g/mol. The van der Waals surface area contributed by atoms with Gasteiger partial charge in [-0.15, -0.1) is 0 Å². The topological polar surface area (TPSA) is 95.9 Å². The third-order valence-corrected chi connectivity index (χ3v) is 7.80. The molecule has 1 N–H and O–H groups in total. The number of rotatable bonds is 7. The summed E-state index contributed by atoms with van der Waals surface area (Å²) in [6, 6.07) is 14.2. The fourth-order valence-electron chi connectivity index (χ4n) is 3.07. The molecule has 3 rings (SSSR count). The maximum absolute atomic E-state index is 12.6. The fourth-order valence-corrected chi connectivity index (χ4v) is 4.78. The molecule has 29 heavy (non-hydrogen) atoms. The van der Waals surface area contributed by atoms with Crippen molar-refractivity contribution >= 4 is 31.4 Å². The van der Waals surface area contributed by atoms with Gasteiger partial charge in [-0.25, -0.2) is 16.8 Å². The van der Waals surface area contributed by atoms with Crippen LogP contribution in [0.5, 0.6) is 0 Å². The standard InChI is InChI=1S/C20H25N3O4S2/c1-4-28(24,25)22-18-12-10-16(11-13-18)19-14-20(17-8-6-15(3)7-9-17)23(21-19)29(26,27)5-2/h6-13,20,22H,4-5,14H2,1-3H3/t20-/m1/s1. The lowest BCUT2D eigenvalue weighted by atomic mass is 9.98. The third-order valence-electron chi connectivity index (χ3n) is 4.86. The summed E-state index contributed by atoms with van der Waals surface area (Å²) in [5, 5.41) is 4.42. The van der Waals surface area contributed by atoms with Crippen molar-refractivity contribution in [1.82, 2.24) is 4.41 Å². The second-order valence-electron chi connectivity index (χ2n) is 6.93. The largest absolute Gasteiger partial charge is 0.284 e. The van der Waals surface area contributed by atoms with Gasteiger partial charge in [-0.1, -0.05) is 42.0 Å². The molecule has 156 valence electrons. The Bertz CT molecular complexity index is 1110. The van der Waals surface area contributed by atoms with Crippen LogP contribution in [0, 0.1) is 6.92 Å². The van der Waals surface area contributed by atoms with E-state index in [4.69, 9.17) is 0 Å². The normalized spacial score (nSPS) is 17.3. The number of sulfonamides is 2. The zero-order chi connectivity index (χ0) is 21.2. The molecule has 0 saturated carbocycles. The minimum Gasteiger partial charge on any atom is -0.284 e. The molecule has 0 amide bonds. The predicted octanol–water partition coefficient (Wildman–Crippen LogP) is 3.26. The summed E-state index contributed by atoms with van der Waals surface area (Å²) in [4.78, 5) is 0. The van der Waals surface area contributed by atoms with Gasteiger partial charge in [0.2, 0.25) is 20.0 Å². The number of hydrogen-bond donors (Lipinski definition) is 1. The van der Waals surface area contributed by atoms with E-state index in [1.165, 1.54) is 4.41 Å². The number of aryl methyl sites for hydroxylation is 1. The monoisotopic (exact) mass is 435 g/mol. The quantitative estimate of drug-likeness (QED) is 0.722. The van der Waals surface area contributed by atoms with Crippen LogP contribution in [0.15, 0.2) is 53.6 Å². The van der Waals surface area contributed by atoms with Crippen LogP contribution >= 0.6 is 0 Å². The van der Waals surface area contributed by atoms with Crippen molar-refractivity contribution in [3.05, 3.63) is 65.2 Å². The van der Waals surface area contributed by atoms with E-state index in [-0.39, 0.29) is 11.5 Å². The van der Waals surface area contributed by atoms with Gasteiger partial charge in [-0.05, 0) is 44.0 Å². The number of nitrogens with zero attached hydrogens (tertiary/aromatic N) is 2. The Kier molecular flexibility index (Phi) is 6.00. The summed E-state index contributed by atoms with van der Waals surface area (Å²) >= 11 is 0. The second kappa shape index (κ2) is 8.16. The molecule has 7 nitrogen and oxygen atoms in total. The van der Waals surface area contributed by atoms with Gasteiger partial charge in [0.05, 0.1) is 23.3 Å². The lowest BCUT2D eigenvalue weighted by molar-refractivity contribution is 0.372. The highest BCUT2D eigenvalue weighted by Crippen LogP contribution is 2.35. The van der Waals surface area contributed by atoms with Gasteiger partial charge in [0.15, 0.2) is 0 Å². The SMILES string of the molecule is CCS(=O)(=O)Nc1ccc(C2=NN(S(=O)(=O)CC)[C@@H](c3ccc(C)cc3)C2)cc1. The molecule has 1 aliphatic heterocycles. The Morgan fingerprint density at radius 2 is 1.59 bits per heavy atom. The Morgan fingerprint density at radius 3 is 2.14 bits per heavy atom. The highest BCUT2D eigenvalue weighted by molar-refractivity contribution is 7.92. The first-order chi connectivity index (χ1) is 13.6. The maximum atomic E-state index is 12.6. The molecule has 0 bridgehead atoms. The Balaban J connectivity index is 1.91. The summed E-state index contributed by atoms with van der Waals surface area (Å²) in [7, 11) is -6.88. The van der Waals surface area contributed by atoms with Gasteiger partial charge in [0, 0.05) is 12.1 Å². The zero-order valence-corrected chi connectivity index (χ0v) is 18.3. The molecule has 0 aliphatic carbocycles. The number of benzene rings is 2. The van der Waals surface area contributed by atoms with E-state index in [9.17, 15) is 16.8 Å². The van der Waals surface area contributed by atoms with Crippen molar-refractivity contribution in [3.8, 4) is 0 Å². The maximum Gasteiger partial charge on any atom is 0.250 e. The highest BCUT2D eigenvalue weighted by Gasteiger charge is 2.35. The summed E-state index contributed by atoms with van der Waals surface area (Å²) < 4.78 is 52.4. The van der Waals surface area contributed by atoms with Crippen LogP contribution in [-0.4, -0.2) is 38.5 Å². The Morgan fingerprint density at radius 1 is 0.966 bits per heavy atom. The van der Waals surface area contributed by atoms with Crippen LogP contribution in [0.25, 0.3) is 0 Å². The summed E-state index contributed by atoms with van der Waals surface area (Å²) in [6.45, 7) is 5.15. The van der Waals surface area contributed by atoms with E-state index in [1.54, 1.807) is 38.1 Å². The zero-order valence-electron chi connectivity index (χ0n) is 16.7. The Hall–Kier alpha value is -2.39. The number of anilines is 1. The molecule has 1 heterocycles. The molecule has 0 aromatic heterocycles. The lowest BCUT2D eigenvalue weighted by Crippen LogP contribution is -2.28. The molecular weight excluding hydrogens is 410 g/mol. The summed E-state index contributed by atoms with van der Waals surface area (Å²) in [5.74, 6) is -0.0482. The van der Waals surface area contributed by atoms with Crippen LogP contribution in [0.1, 0.15) is 43.0 Å². The number of hydrogen-bond acceptors (Lipinski definition) is 5. The van der Waals surface area contributed by atoms with Crippen molar-refractivity contribution in [2.45, 2.75) is 33.2 Å². The first-order valence-corrected chi connectivity index (χ1v) is 12.7. The van der Waals surface area contributed by atoms with E-state index in [0.29, 0.717) is 17.8 Å². The fraction of sp³-hybridized carbons (Fsp3) is 0.350. The molecule has 2 aromatic rings. The van der Waals surface area contributed by atoms with Crippen LogP contribution in [-0.2, 0) is 20.0 Å². The van der Waals surface area contributed by atoms with E-state index < -0.39 is 26.1 Å². The number of nitrogens with one attached hydrogen (secondary N) is 1. The van der Waals surface area contributed by atoms with E-state index in [2.05, 4.69) is 9.82 Å². The smallest absolute Gasteiger partial charge is 0.250 e. The van der Waals surface area contributed by atoms with Crippen LogP contribution in [0.4, 0.5) is 5.69 Å². The molecule has 9 heteroatoms. The minimum atomic E-state index is -3.53. The molecule has 2 aromatic carbocycles. The molecule has 0 spiro atoms. The average Bonchev–Trinajstić information content (AvgIpc) is 3.15. The van der Waals surface area contributed by atoms with Gasteiger partial charge in [-0.3, -0.25) is 4.72 Å². The van der Waals surface area contributed by atoms with Crippen molar-refractivity contribution in [3.63, 3.8) is 0 Å². The third kappa shape index (κ3) is 4.79. The summed E-state index contributed by atoms with van der Waals surface area (Å²) in [5.41, 5.74) is 3.86. The van der Waals surface area contributed by atoms with Gasteiger partial charge in [0.25, 0.3) is 0 Å².